The minimum atomic E-state index is -0.622. The molecule has 1 aromatic carbocycles. The third-order valence-electron chi connectivity index (χ3n) is 6.99. The molecule has 31 heavy (non-hydrogen) atoms. The second kappa shape index (κ2) is 8.49. The standard InChI is InChI=1S/C24H33N3O3S/c1-5-15(2)18(22(30)26-13-9-6-10-14-26)25-20(28)19-24(3,4)31-23-17-12-8-7-11-16(17)21(29)27(19)23/h7-8,11-12,15,18-19,23H,5-6,9-10,13-14H2,1-4H3,(H,25,28). The molecule has 1 aromatic rings. The van der Waals surface area contributed by atoms with Gasteiger partial charge in [-0.25, -0.2) is 0 Å². The maximum atomic E-state index is 13.6. The van der Waals surface area contributed by atoms with Gasteiger partial charge in [-0.15, -0.1) is 11.8 Å². The summed E-state index contributed by atoms with van der Waals surface area (Å²) in [6, 6.07) is 6.43. The van der Waals surface area contributed by atoms with Gasteiger partial charge in [0.2, 0.25) is 11.8 Å². The maximum Gasteiger partial charge on any atom is 0.256 e. The molecule has 2 saturated heterocycles. The lowest BCUT2D eigenvalue weighted by atomic mass is 9.94. The van der Waals surface area contributed by atoms with E-state index in [1.54, 1.807) is 16.7 Å². The molecule has 3 heterocycles. The summed E-state index contributed by atoms with van der Waals surface area (Å²) in [6.07, 6.45) is 3.98. The van der Waals surface area contributed by atoms with Crippen LogP contribution in [-0.4, -0.2) is 57.4 Å². The molecule has 2 fully saturated rings. The van der Waals surface area contributed by atoms with Gasteiger partial charge in [0.1, 0.15) is 17.5 Å². The summed E-state index contributed by atoms with van der Waals surface area (Å²) in [7, 11) is 0. The normalized spacial score (nSPS) is 26.3. The quantitative estimate of drug-likeness (QED) is 0.755. The number of carbonyl (C=O) groups excluding carboxylic acids is 3. The van der Waals surface area contributed by atoms with Crippen LogP contribution in [0.3, 0.4) is 0 Å². The molecular formula is C24H33N3O3S. The van der Waals surface area contributed by atoms with Crippen LogP contribution in [0.1, 0.15) is 74.7 Å². The van der Waals surface area contributed by atoms with Crippen LogP contribution >= 0.6 is 11.8 Å². The van der Waals surface area contributed by atoms with E-state index >= 15 is 0 Å². The van der Waals surface area contributed by atoms with Crippen LogP contribution < -0.4 is 5.32 Å². The Morgan fingerprint density at radius 1 is 1.19 bits per heavy atom. The molecule has 168 valence electrons. The molecule has 4 rings (SSSR count). The van der Waals surface area contributed by atoms with Gasteiger partial charge in [-0.3, -0.25) is 14.4 Å². The van der Waals surface area contributed by atoms with E-state index in [0.717, 1.165) is 44.3 Å². The van der Waals surface area contributed by atoms with Gasteiger partial charge >= 0.3 is 0 Å². The Balaban J connectivity index is 1.58. The zero-order valence-electron chi connectivity index (χ0n) is 18.9. The molecule has 3 aliphatic heterocycles. The molecule has 0 radical (unpaired) electrons. The fraction of sp³-hybridized carbons (Fsp3) is 0.625. The van der Waals surface area contributed by atoms with Crippen molar-refractivity contribution in [3.63, 3.8) is 0 Å². The van der Waals surface area contributed by atoms with Gasteiger partial charge in [-0.05, 0) is 50.7 Å². The zero-order chi connectivity index (χ0) is 22.3. The van der Waals surface area contributed by atoms with Crippen molar-refractivity contribution in [1.29, 1.82) is 0 Å². The molecule has 6 nitrogen and oxygen atoms in total. The number of amides is 3. The van der Waals surface area contributed by atoms with Crippen molar-refractivity contribution in [2.45, 2.75) is 75.6 Å². The van der Waals surface area contributed by atoms with E-state index in [0.29, 0.717) is 5.56 Å². The van der Waals surface area contributed by atoms with Crippen molar-refractivity contribution in [1.82, 2.24) is 15.1 Å². The molecule has 0 bridgehead atoms. The fourth-order valence-electron chi connectivity index (χ4n) is 5.03. The summed E-state index contributed by atoms with van der Waals surface area (Å²) >= 11 is 1.65. The Morgan fingerprint density at radius 2 is 1.87 bits per heavy atom. The van der Waals surface area contributed by atoms with Gasteiger partial charge in [-0.2, -0.15) is 0 Å². The van der Waals surface area contributed by atoms with Gasteiger partial charge in [0.05, 0.1) is 0 Å². The Bertz CT molecular complexity index is 881. The van der Waals surface area contributed by atoms with Crippen molar-refractivity contribution in [3.05, 3.63) is 35.4 Å². The third kappa shape index (κ3) is 3.86. The highest BCUT2D eigenvalue weighted by molar-refractivity contribution is 8.01. The molecule has 3 amide bonds. The number of likely N-dealkylation sites (tertiary alicyclic amines) is 1. The van der Waals surface area contributed by atoms with Crippen molar-refractivity contribution in [3.8, 4) is 0 Å². The lowest BCUT2D eigenvalue weighted by Crippen LogP contribution is -2.59. The first-order chi connectivity index (χ1) is 14.8. The van der Waals surface area contributed by atoms with Gasteiger partial charge in [0.25, 0.3) is 5.91 Å². The lowest BCUT2D eigenvalue weighted by molar-refractivity contribution is -0.139. The van der Waals surface area contributed by atoms with Crippen molar-refractivity contribution in [2.75, 3.05) is 13.1 Å². The number of nitrogens with zero attached hydrogens (tertiary/aromatic N) is 2. The summed E-state index contributed by atoms with van der Waals surface area (Å²) < 4.78 is -0.452. The van der Waals surface area contributed by atoms with Crippen LogP contribution in [0.25, 0.3) is 0 Å². The fourth-order valence-corrected chi connectivity index (χ4v) is 6.62. The highest BCUT2D eigenvalue weighted by Crippen LogP contribution is 2.56. The number of rotatable bonds is 5. The molecule has 0 aromatic heterocycles. The number of piperidine rings is 1. The predicted octanol–water partition coefficient (Wildman–Crippen LogP) is 3.58. The van der Waals surface area contributed by atoms with Gasteiger partial charge < -0.3 is 15.1 Å². The van der Waals surface area contributed by atoms with Crippen LogP contribution in [-0.2, 0) is 9.59 Å². The van der Waals surface area contributed by atoms with E-state index in [4.69, 9.17) is 0 Å². The van der Waals surface area contributed by atoms with Crippen LogP contribution in [0.15, 0.2) is 24.3 Å². The minimum absolute atomic E-state index is 0.0124. The molecule has 7 heteroatoms. The van der Waals surface area contributed by atoms with Crippen molar-refractivity contribution < 1.29 is 14.4 Å². The maximum absolute atomic E-state index is 13.6. The summed E-state index contributed by atoms with van der Waals surface area (Å²) in [6.45, 7) is 9.60. The number of thioether (sulfide) groups is 1. The van der Waals surface area contributed by atoms with E-state index in [9.17, 15) is 14.4 Å². The van der Waals surface area contributed by atoms with E-state index in [1.807, 2.05) is 56.9 Å². The SMILES string of the molecule is CCC(C)C(NC(=O)C1N2C(=O)c3ccccc3C2SC1(C)C)C(=O)N1CCCCC1. The highest BCUT2D eigenvalue weighted by Gasteiger charge is 2.57. The number of fused-ring (bicyclic) bond motifs is 3. The number of nitrogens with one attached hydrogen (secondary N) is 1. The molecule has 4 unspecified atom stereocenters. The van der Waals surface area contributed by atoms with Crippen molar-refractivity contribution >= 4 is 29.5 Å². The Kier molecular flexibility index (Phi) is 6.08. The zero-order valence-corrected chi connectivity index (χ0v) is 19.7. The van der Waals surface area contributed by atoms with E-state index in [-0.39, 0.29) is 29.0 Å². The molecule has 0 saturated carbocycles. The van der Waals surface area contributed by atoms with Gasteiger partial charge in [0.15, 0.2) is 0 Å². The smallest absolute Gasteiger partial charge is 0.256 e. The lowest BCUT2D eigenvalue weighted by Gasteiger charge is -2.35. The van der Waals surface area contributed by atoms with E-state index in [2.05, 4.69) is 5.32 Å². The largest absolute Gasteiger partial charge is 0.342 e. The molecule has 4 atom stereocenters. The second-order valence-electron chi connectivity index (χ2n) is 9.53. The van der Waals surface area contributed by atoms with Crippen LogP contribution in [0.2, 0.25) is 0 Å². The van der Waals surface area contributed by atoms with Crippen LogP contribution in [0.4, 0.5) is 0 Å². The van der Waals surface area contributed by atoms with Crippen molar-refractivity contribution in [2.24, 2.45) is 5.92 Å². The first-order valence-corrected chi connectivity index (χ1v) is 12.3. The number of benzene rings is 1. The molecule has 0 spiro atoms. The number of hydrogen-bond donors (Lipinski definition) is 1. The topological polar surface area (TPSA) is 69.7 Å². The average Bonchev–Trinajstić information content (AvgIpc) is 3.20. The van der Waals surface area contributed by atoms with Gasteiger partial charge in [0, 0.05) is 23.4 Å². The second-order valence-corrected chi connectivity index (χ2v) is 11.3. The average molecular weight is 444 g/mol. The molecule has 3 aliphatic rings. The van der Waals surface area contributed by atoms with Gasteiger partial charge in [-0.1, -0.05) is 38.5 Å². The number of carbonyl (C=O) groups is 3. The monoisotopic (exact) mass is 443 g/mol. The van der Waals surface area contributed by atoms with E-state index in [1.165, 1.54) is 0 Å². The summed E-state index contributed by atoms with van der Waals surface area (Å²) in [5, 5.41) is 2.93. The molecule has 0 aliphatic carbocycles. The molecule has 1 N–H and O–H groups in total. The van der Waals surface area contributed by atoms with E-state index < -0.39 is 16.8 Å². The summed E-state index contributed by atoms with van der Waals surface area (Å²) in [4.78, 5) is 43.8. The Hall–Kier alpha value is -2.02. The summed E-state index contributed by atoms with van der Waals surface area (Å²) in [5.41, 5.74) is 1.65. The predicted molar refractivity (Wildman–Crippen MR) is 123 cm³/mol. The van der Waals surface area contributed by atoms with Crippen LogP contribution in [0.5, 0.6) is 0 Å². The number of hydrogen-bond acceptors (Lipinski definition) is 4. The summed E-state index contributed by atoms with van der Waals surface area (Å²) in [5.74, 6) is -0.283. The van der Waals surface area contributed by atoms with Crippen LogP contribution in [0, 0.1) is 5.92 Å². The Morgan fingerprint density at radius 3 is 2.55 bits per heavy atom. The first-order valence-electron chi connectivity index (χ1n) is 11.4. The minimum Gasteiger partial charge on any atom is -0.342 e. The molecular weight excluding hydrogens is 410 g/mol. The Labute approximate surface area is 189 Å². The highest BCUT2D eigenvalue weighted by atomic mass is 32.2. The first kappa shape index (κ1) is 22.2. The third-order valence-corrected chi connectivity index (χ3v) is 8.52.